The summed E-state index contributed by atoms with van der Waals surface area (Å²) in [5, 5.41) is 2.79. The van der Waals surface area contributed by atoms with Crippen molar-refractivity contribution in [1.29, 1.82) is 0 Å². The first-order valence-corrected chi connectivity index (χ1v) is 7.47. The van der Waals surface area contributed by atoms with Crippen molar-refractivity contribution in [3.63, 3.8) is 0 Å². The molecule has 0 unspecified atom stereocenters. The highest BCUT2D eigenvalue weighted by atomic mass is 16.5. The number of methoxy groups -OCH3 is 2. The summed E-state index contributed by atoms with van der Waals surface area (Å²) < 4.78 is 15.8. The van der Waals surface area contributed by atoms with Crippen molar-refractivity contribution in [3.05, 3.63) is 47.5 Å². The van der Waals surface area contributed by atoms with E-state index in [1.165, 1.54) is 14.2 Å². The molecule has 124 valence electrons. The predicted octanol–water partition coefficient (Wildman–Crippen LogP) is 2.81. The Bertz CT molecular complexity index is 800. The molecule has 6 nitrogen and oxygen atoms in total. The maximum absolute atomic E-state index is 12.3. The number of ether oxygens (including phenoxy) is 3. The number of rotatable bonds is 4. The van der Waals surface area contributed by atoms with Gasteiger partial charge >= 0.3 is 5.97 Å². The highest BCUT2D eigenvalue weighted by molar-refractivity contribution is 5.94. The molecule has 0 radical (unpaired) electrons. The lowest BCUT2D eigenvalue weighted by atomic mass is 10.0. The Morgan fingerprint density at radius 3 is 2.54 bits per heavy atom. The average Bonchev–Trinajstić information content (AvgIpc) is 2.61. The zero-order valence-electron chi connectivity index (χ0n) is 13.4. The molecule has 1 N–H and O–H groups in total. The molecule has 3 rings (SSSR count). The molecular formula is C18H17NO5. The van der Waals surface area contributed by atoms with E-state index in [0.717, 1.165) is 11.3 Å². The van der Waals surface area contributed by atoms with Crippen LogP contribution in [0, 0.1) is 0 Å². The molecular weight excluding hydrogens is 310 g/mol. The summed E-state index contributed by atoms with van der Waals surface area (Å²) >= 11 is 0. The molecule has 24 heavy (non-hydrogen) atoms. The Morgan fingerprint density at radius 2 is 1.79 bits per heavy atom. The van der Waals surface area contributed by atoms with Crippen molar-refractivity contribution in [2.45, 2.75) is 12.8 Å². The van der Waals surface area contributed by atoms with Crippen LogP contribution >= 0.6 is 0 Å². The van der Waals surface area contributed by atoms with Crippen molar-refractivity contribution in [1.82, 2.24) is 0 Å². The number of carbonyl (C=O) groups excluding carboxylic acids is 2. The molecule has 0 atom stereocenters. The molecule has 2 aromatic carbocycles. The van der Waals surface area contributed by atoms with Gasteiger partial charge in [0.05, 0.1) is 19.8 Å². The fourth-order valence-electron chi connectivity index (χ4n) is 2.55. The van der Waals surface area contributed by atoms with Crippen LogP contribution in [0.5, 0.6) is 17.2 Å². The van der Waals surface area contributed by atoms with E-state index in [9.17, 15) is 9.59 Å². The van der Waals surface area contributed by atoms with Crippen molar-refractivity contribution < 1.29 is 23.8 Å². The SMILES string of the molecule is COc1ccc(C(=O)Oc2ccc3c(c2)CCC(=O)N3)cc1OC. The molecule has 2 aromatic rings. The number of fused-ring (bicyclic) bond motifs is 1. The van der Waals surface area contributed by atoms with Gasteiger partial charge in [-0.3, -0.25) is 4.79 Å². The number of benzene rings is 2. The van der Waals surface area contributed by atoms with E-state index in [-0.39, 0.29) is 5.91 Å². The molecule has 1 aliphatic heterocycles. The second-order valence-electron chi connectivity index (χ2n) is 5.33. The van der Waals surface area contributed by atoms with E-state index in [1.807, 2.05) is 0 Å². The van der Waals surface area contributed by atoms with Crippen LogP contribution in [-0.4, -0.2) is 26.1 Å². The summed E-state index contributed by atoms with van der Waals surface area (Å²) in [5.41, 5.74) is 2.07. The summed E-state index contributed by atoms with van der Waals surface area (Å²) in [5.74, 6) is 0.941. The van der Waals surface area contributed by atoms with E-state index in [1.54, 1.807) is 36.4 Å². The van der Waals surface area contributed by atoms with Gasteiger partial charge in [0.2, 0.25) is 5.91 Å². The lowest BCUT2D eigenvalue weighted by Gasteiger charge is -2.17. The van der Waals surface area contributed by atoms with Crippen LogP contribution in [0.2, 0.25) is 0 Å². The quantitative estimate of drug-likeness (QED) is 0.690. The molecule has 1 aliphatic rings. The summed E-state index contributed by atoms with van der Waals surface area (Å²) in [6.07, 6.45) is 1.06. The smallest absolute Gasteiger partial charge is 0.343 e. The van der Waals surface area contributed by atoms with Crippen molar-refractivity contribution >= 4 is 17.6 Å². The highest BCUT2D eigenvalue weighted by Crippen LogP contribution is 2.29. The van der Waals surface area contributed by atoms with E-state index in [4.69, 9.17) is 14.2 Å². The van der Waals surface area contributed by atoms with Gasteiger partial charge in [-0.05, 0) is 48.4 Å². The van der Waals surface area contributed by atoms with Crippen LogP contribution in [0.25, 0.3) is 0 Å². The third-order valence-electron chi connectivity index (χ3n) is 3.80. The van der Waals surface area contributed by atoms with Gasteiger partial charge < -0.3 is 19.5 Å². The molecule has 0 bridgehead atoms. The van der Waals surface area contributed by atoms with E-state index < -0.39 is 5.97 Å². The van der Waals surface area contributed by atoms with Gasteiger partial charge in [-0.2, -0.15) is 0 Å². The van der Waals surface area contributed by atoms with Crippen molar-refractivity contribution in [3.8, 4) is 17.2 Å². The van der Waals surface area contributed by atoms with Crippen LogP contribution < -0.4 is 19.5 Å². The third-order valence-corrected chi connectivity index (χ3v) is 3.80. The molecule has 0 aromatic heterocycles. The number of nitrogens with one attached hydrogen (secondary N) is 1. The molecule has 0 aliphatic carbocycles. The van der Waals surface area contributed by atoms with Gasteiger partial charge in [-0.1, -0.05) is 0 Å². The van der Waals surface area contributed by atoms with Crippen molar-refractivity contribution in [2.75, 3.05) is 19.5 Å². The van der Waals surface area contributed by atoms with E-state index in [2.05, 4.69) is 5.32 Å². The van der Waals surface area contributed by atoms with Crippen LogP contribution in [0.4, 0.5) is 5.69 Å². The number of carbonyl (C=O) groups is 2. The standard InChI is InChI=1S/C18H17NO5/c1-22-15-7-3-12(10-16(15)23-2)18(21)24-13-5-6-14-11(9-13)4-8-17(20)19-14/h3,5-7,9-10H,4,8H2,1-2H3,(H,19,20). The summed E-state index contributed by atoms with van der Waals surface area (Å²) in [7, 11) is 3.03. The molecule has 1 heterocycles. The zero-order chi connectivity index (χ0) is 17.1. The van der Waals surface area contributed by atoms with Gasteiger partial charge in [0.25, 0.3) is 0 Å². The first-order chi connectivity index (χ1) is 11.6. The predicted molar refractivity (Wildman–Crippen MR) is 87.9 cm³/mol. The van der Waals surface area contributed by atoms with Crippen LogP contribution in [0.3, 0.4) is 0 Å². The molecule has 0 saturated carbocycles. The Morgan fingerprint density at radius 1 is 1.00 bits per heavy atom. The number of esters is 1. The lowest BCUT2D eigenvalue weighted by molar-refractivity contribution is -0.116. The monoisotopic (exact) mass is 327 g/mol. The minimum Gasteiger partial charge on any atom is -0.493 e. The van der Waals surface area contributed by atoms with E-state index in [0.29, 0.717) is 35.7 Å². The van der Waals surface area contributed by atoms with Gasteiger partial charge in [-0.25, -0.2) is 4.79 Å². The molecule has 1 amide bonds. The fourth-order valence-corrected chi connectivity index (χ4v) is 2.55. The summed E-state index contributed by atoms with van der Waals surface area (Å²) in [6.45, 7) is 0. The topological polar surface area (TPSA) is 73.9 Å². The van der Waals surface area contributed by atoms with Gasteiger partial charge in [0.1, 0.15) is 5.75 Å². The first kappa shape index (κ1) is 15.9. The minimum absolute atomic E-state index is 0.00225. The largest absolute Gasteiger partial charge is 0.493 e. The Hall–Kier alpha value is -3.02. The Balaban J connectivity index is 1.79. The third kappa shape index (κ3) is 3.17. The first-order valence-electron chi connectivity index (χ1n) is 7.47. The van der Waals surface area contributed by atoms with Crippen molar-refractivity contribution in [2.24, 2.45) is 0 Å². The zero-order valence-corrected chi connectivity index (χ0v) is 13.4. The molecule has 0 saturated heterocycles. The number of hydrogen-bond donors (Lipinski definition) is 1. The number of aryl methyl sites for hydroxylation is 1. The van der Waals surface area contributed by atoms with Crippen LogP contribution in [0.15, 0.2) is 36.4 Å². The molecule has 0 fully saturated rings. The van der Waals surface area contributed by atoms with Gasteiger partial charge in [0.15, 0.2) is 11.5 Å². The van der Waals surface area contributed by atoms with Crippen LogP contribution in [-0.2, 0) is 11.2 Å². The fraction of sp³-hybridized carbons (Fsp3) is 0.222. The molecule has 6 heteroatoms. The van der Waals surface area contributed by atoms with Gasteiger partial charge in [0, 0.05) is 12.1 Å². The highest BCUT2D eigenvalue weighted by Gasteiger charge is 2.17. The second kappa shape index (κ2) is 6.62. The normalized spacial score (nSPS) is 12.8. The maximum atomic E-state index is 12.3. The van der Waals surface area contributed by atoms with Gasteiger partial charge in [-0.15, -0.1) is 0 Å². The Kier molecular flexibility index (Phi) is 4.37. The van der Waals surface area contributed by atoms with Crippen LogP contribution in [0.1, 0.15) is 22.3 Å². The Labute approximate surface area is 139 Å². The lowest BCUT2D eigenvalue weighted by Crippen LogP contribution is -2.19. The summed E-state index contributed by atoms with van der Waals surface area (Å²) in [6, 6.07) is 10.0. The van der Waals surface area contributed by atoms with E-state index >= 15 is 0 Å². The number of anilines is 1. The summed E-state index contributed by atoms with van der Waals surface area (Å²) in [4.78, 5) is 23.7. The number of amides is 1. The minimum atomic E-state index is -0.490. The molecule has 0 spiro atoms. The second-order valence-corrected chi connectivity index (χ2v) is 5.33. The maximum Gasteiger partial charge on any atom is 0.343 e. The average molecular weight is 327 g/mol. The number of hydrogen-bond acceptors (Lipinski definition) is 5.